The van der Waals surface area contributed by atoms with Crippen molar-refractivity contribution < 1.29 is 23.8 Å². The number of ether oxygens (including phenoxy) is 3. The number of halogens is 1. The number of amidine groups is 1. The monoisotopic (exact) mass is 532 g/mol. The Morgan fingerprint density at radius 1 is 1.12 bits per heavy atom. The molecule has 2 aromatic carbocycles. The van der Waals surface area contributed by atoms with E-state index in [1.807, 2.05) is 31.2 Å². The van der Waals surface area contributed by atoms with Crippen molar-refractivity contribution in [2.24, 2.45) is 4.99 Å². The van der Waals surface area contributed by atoms with E-state index in [1.54, 1.807) is 25.1 Å². The molecule has 1 amide bonds. The van der Waals surface area contributed by atoms with Crippen molar-refractivity contribution >= 4 is 56.5 Å². The molecule has 1 N–H and O–H groups in total. The molecule has 2 aromatic rings. The molecule has 0 aliphatic carbocycles. The molecule has 1 saturated heterocycles. The summed E-state index contributed by atoms with van der Waals surface area (Å²) >= 11 is 4.74. The van der Waals surface area contributed by atoms with E-state index in [0.29, 0.717) is 32.7 Å². The lowest BCUT2D eigenvalue weighted by Gasteiger charge is -2.14. The van der Waals surface area contributed by atoms with Crippen molar-refractivity contribution in [3.05, 3.63) is 56.9 Å². The van der Waals surface area contributed by atoms with E-state index >= 15 is 0 Å². The van der Waals surface area contributed by atoms with E-state index < -0.39 is 5.97 Å². The number of thioether (sulfide) groups is 1. The minimum absolute atomic E-state index is 0.222. The molecule has 1 fully saturated rings. The molecule has 0 saturated carbocycles. The second-order valence-electron chi connectivity index (χ2n) is 6.86. The molecule has 7 nitrogen and oxygen atoms in total. The molecular weight excluding hydrogens is 508 g/mol. The van der Waals surface area contributed by atoms with Crippen molar-refractivity contribution in [1.82, 2.24) is 5.32 Å². The van der Waals surface area contributed by atoms with Gasteiger partial charge >= 0.3 is 5.97 Å². The second-order valence-corrected chi connectivity index (χ2v) is 8.74. The lowest BCUT2D eigenvalue weighted by molar-refractivity contribution is -0.145. The first kappa shape index (κ1) is 24.9. The van der Waals surface area contributed by atoms with Gasteiger partial charge in [0.25, 0.3) is 5.91 Å². The molecule has 0 radical (unpaired) electrons. The predicted octanol–water partition coefficient (Wildman–Crippen LogP) is 5.24. The molecule has 1 aliphatic heterocycles. The number of benzene rings is 2. The highest BCUT2D eigenvalue weighted by Crippen LogP contribution is 2.38. The van der Waals surface area contributed by atoms with Crippen molar-refractivity contribution in [3.63, 3.8) is 0 Å². The zero-order valence-electron chi connectivity index (χ0n) is 18.6. The number of amides is 1. The van der Waals surface area contributed by atoms with Gasteiger partial charge in [0.2, 0.25) is 0 Å². The minimum atomic E-state index is -0.465. The van der Waals surface area contributed by atoms with Crippen LogP contribution in [0.3, 0.4) is 0 Å². The number of hydrogen-bond acceptors (Lipinski definition) is 7. The second kappa shape index (κ2) is 11.9. The molecule has 3 rings (SSSR count). The Morgan fingerprint density at radius 2 is 1.88 bits per heavy atom. The molecule has 1 heterocycles. The van der Waals surface area contributed by atoms with Gasteiger partial charge in [-0.1, -0.05) is 19.1 Å². The van der Waals surface area contributed by atoms with Crippen molar-refractivity contribution in [1.29, 1.82) is 0 Å². The van der Waals surface area contributed by atoms with Gasteiger partial charge in [0.05, 0.1) is 28.3 Å². The zero-order chi connectivity index (χ0) is 23.8. The fourth-order valence-corrected chi connectivity index (χ4v) is 4.38. The fourth-order valence-electron chi connectivity index (χ4n) is 2.96. The first-order chi connectivity index (χ1) is 15.9. The number of rotatable bonds is 9. The summed E-state index contributed by atoms with van der Waals surface area (Å²) in [6.45, 7) is 6.14. The van der Waals surface area contributed by atoms with Crippen LogP contribution in [0, 0.1) is 0 Å². The van der Waals surface area contributed by atoms with Crippen LogP contribution in [0.25, 0.3) is 6.08 Å². The number of carbonyl (C=O) groups excluding carboxylic acids is 2. The van der Waals surface area contributed by atoms with Crippen molar-refractivity contribution in [2.75, 3.05) is 19.8 Å². The van der Waals surface area contributed by atoms with Gasteiger partial charge in [0.1, 0.15) is 0 Å². The highest BCUT2D eigenvalue weighted by Gasteiger charge is 2.24. The molecule has 0 unspecified atom stereocenters. The van der Waals surface area contributed by atoms with Crippen LogP contribution in [-0.4, -0.2) is 36.9 Å². The molecule has 0 atom stereocenters. The Kier molecular flexibility index (Phi) is 8.96. The van der Waals surface area contributed by atoms with Crippen LogP contribution >= 0.6 is 27.7 Å². The zero-order valence-corrected chi connectivity index (χ0v) is 21.0. The first-order valence-corrected chi connectivity index (χ1v) is 12.2. The van der Waals surface area contributed by atoms with Gasteiger partial charge in [0.15, 0.2) is 23.3 Å². The van der Waals surface area contributed by atoms with E-state index in [1.165, 1.54) is 17.3 Å². The lowest BCUT2D eigenvalue weighted by atomic mass is 10.2. The van der Waals surface area contributed by atoms with Crippen LogP contribution in [0.4, 0.5) is 5.69 Å². The summed E-state index contributed by atoms with van der Waals surface area (Å²) in [6.07, 6.45) is 2.71. The Balaban J connectivity index is 1.80. The van der Waals surface area contributed by atoms with E-state index in [4.69, 9.17) is 14.2 Å². The van der Waals surface area contributed by atoms with Gasteiger partial charge in [-0.2, -0.15) is 0 Å². The molecular formula is C24H25BrN2O5S. The van der Waals surface area contributed by atoms with Crippen LogP contribution in [0.5, 0.6) is 11.5 Å². The first-order valence-electron chi connectivity index (χ1n) is 10.6. The molecule has 1 aliphatic rings. The Bertz CT molecular complexity index is 1080. The number of nitrogens with zero attached hydrogens (tertiary/aromatic N) is 1. The standard InChI is InChI=1S/C24H25BrN2O5S/c1-4-15-7-9-17(10-8-15)26-24-27-23(29)20(33-24)13-16-11-18(25)22(19(12-16)30-5-2)32-14-21(28)31-6-3/h7-13H,4-6,14H2,1-3H3,(H,26,27,29)/b20-13-. The largest absolute Gasteiger partial charge is 0.490 e. The van der Waals surface area contributed by atoms with E-state index in [0.717, 1.165) is 17.7 Å². The van der Waals surface area contributed by atoms with Crippen LogP contribution in [-0.2, 0) is 20.7 Å². The maximum atomic E-state index is 12.5. The average molecular weight is 533 g/mol. The molecule has 33 heavy (non-hydrogen) atoms. The SMILES string of the molecule is CCOC(=O)COc1c(Br)cc(/C=C2\SC(=Nc3ccc(CC)cc3)NC2=O)cc1OCC. The molecule has 9 heteroatoms. The smallest absolute Gasteiger partial charge is 0.344 e. The summed E-state index contributed by atoms with van der Waals surface area (Å²) in [5.74, 6) is 0.165. The molecule has 174 valence electrons. The topological polar surface area (TPSA) is 86.2 Å². The third-order valence-electron chi connectivity index (χ3n) is 4.50. The van der Waals surface area contributed by atoms with E-state index in [-0.39, 0.29) is 19.1 Å². The van der Waals surface area contributed by atoms with Crippen molar-refractivity contribution in [2.45, 2.75) is 27.2 Å². The van der Waals surface area contributed by atoms with Gasteiger partial charge in [-0.15, -0.1) is 0 Å². The van der Waals surface area contributed by atoms with Crippen molar-refractivity contribution in [3.8, 4) is 11.5 Å². The maximum absolute atomic E-state index is 12.5. The number of aliphatic imine (C=N–C) groups is 1. The minimum Gasteiger partial charge on any atom is -0.490 e. The van der Waals surface area contributed by atoms with Crippen LogP contribution in [0.2, 0.25) is 0 Å². The summed E-state index contributed by atoms with van der Waals surface area (Å²) in [4.78, 5) is 29.2. The summed E-state index contributed by atoms with van der Waals surface area (Å²) in [5, 5.41) is 3.32. The van der Waals surface area contributed by atoms with Crippen LogP contribution in [0.15, 0.2) is 50.8 Å². The fraction of sp³-hybridized carbons (Fsp3) is 0.292. The Labute approximate surface area is 205 Å². The quantitative estimate of drug-likeness (QED) is 0.351. The molecule has 0 spiro atoms. The highest BCUT2D eigenvalue weighted by atomic mass is 79.9. The third kappa shape index (κ3) is 6.85. The van der Waals surface area contributed by atoms with Gasteiger partial charge < -0.3 is 19.5 Å². The van der Waals surface area contributed by atoms with Gasteiger partial charge in [-0.25, -0.2) is 9.79 Å². The van der Waals surface area contributed by atoms with Gasteiger partial charge in [-0.05, 0) is 89.4 Å². The maximum Gasteiger partial charge on any atom is 0.344 e. The van der Waals surface area contributed by atoms with Gasteiger partial charge in [-0.3, -0.25) is 4.79 Å². The average Bonchev–Trinajstić information content (AvgIpc) is 3.12. The Morgan fingerprint density at radius 3 is 2.55 bits per heavy atom. The summed E-state index contributed by atoms with van der Waals surface area (Å²) in [6, 6.07) is 11.5. The van der Waals surface area contributed by atoms with Gasteiger partial charge in [0, 0.05) is 0 Å². The number of nitrogens with one attached hydrogen (secondary N) is 1. The van der Waals surface area contributed by atoms with E-state index in [9.17, 15) is 9.59 Å². The molecule has 0 bridgehead atoms. The summed E-state index contributed by atoms with van der Waals surface area (Å²) in [7, 11) is 0. The Hall–Kier alpha value is -2.78. The highest BCUT2D eigenvalue weighted by molar-refractivity contribution is 9.10. The third-order valence-corrected chi connectivity index (χ3v) is 5.99. The van der Waals surface area contributed by atoms with E-state index in [2.05, 4.69) is 33.2 Å². The molecule has 0 aromatic heterocycles. The van der Waals surface area contributed by atoms with Crippen LogP contribution < -0.4 is 14.8 Å². The number of esters is 1. The number of carbonyl (C=O) groups is 2. The normalized spacial score (nSPS) is 15.6. The summed E-state index contributed by atoms with van der Waals surface area (Å²) < 4.78 is 16.8. The lowest BCUT2D eigenvalue weighted by Crippen LogP contribution is -2.19. The van der Waals surface area contributed by atoms with Crippen LogP contribution in [0.1, 0.15) is 31.9 Å². The predicted molar refractivity (Wildman–Crippen MR) is 134 cm³/mol. The number of hydrogen-bond donors (Lipinski definition) is 1. The summed E-state index contributed by atoms with van der Waals surface area (Å²) in [5.41, 5.74) is 2.74. The number of aryl methyl sites for hydroxylation is 1.